The highest BCUT2D eigenvalue weighted by Gasteiger charge is 2.27. The van der Waals surface area contributed by atoms with Crippen molar-refractivity contribution in [2.24, 2.45) is 0 Å². The molecule has 2 aliphatic rings. The van der Waals surface area contributed by atoms with Crippen molar-refractivity contribution in [3.8, 4) is 0 Å². The van der Waals surface area contributed by atoms with E-state index in [-0.39, 0.29) is 0 Å². The molecule has 1 heterocycles. The first kappa shape index (κ1) is 13.0. The Morgan fingerprint density at radius 2 is 1.84 bits per heavy atom. The fourth-order valence-electron chi connectivity index (χ4n) is 2.74. The summed E-state index contributed by atoms with van der Waals surface area (Å²) in [7, 11) is 0. The molecule has 1 aliphatic carbocycles. The lowest BCUT2D eigenvalue weighted by Crippen LogP contribution is -2.22. The van der Waals surface area contributed by atoms with Crippen LogP contribution in [0, 0.1) is 11.6 Å². The molecule has 0 bridgehead atoms. The molecule has 1 aliphatic heterocycles. The predicted octanol–water partition coefficient (Wildman–Crippen LogP) is 3.41. The van der Waals surface area contributed by atoms with Gasteiger partial charge in [-0.1, -0.05) is 6.07 Å². The second-order valence-electron chi connectivity index (χ2n) is 5.44. The van der Waals surface area contributed by atoms with Crippen LogP contribution in [0.25, 0.3) is 0 Å². The summed E-state index contributed by atoms with van der Waals surface area (Å²) < 4.78 is 37.0. The molecule has 4 heteroatoms. The molecule has 0 spiro atoms. The average molecular weight is 268 g/mol. The summed E-state index contributed by atoms with van der Waals surface area (Å²) in [5.74, 6) is -1.20. The Balaban J connectivity index is 1.52. The Morgan fingerprint density at radius 3 is 2.47 bits per heavy atom. The molecule has 104 valence electrons. The van der Waals surface area contributed by atoms with Gasteiger partial charge < -0.3 is 9.47 Å². The molecule has 1 unspecified atom stereocenters. The van der Waals surface area contributed by atoms with Crippen molar-refractivity contribution < 1.29 is 18.3 Å². The maximum atomic E-state index is 13.2. The zero-order chi connectivity index (χ0) is 13.2. The highest BCUT2D eigenvalue weighted by Crippen LogP contribution is 2.34. The first-order chi connectivity index (χ1) is 9.22. The first-order valence-electron chi connectivity index (χ1n) is 6.90. The minimum absolute atomic E-state index is 0.297. The van der Waals surface area contributed by atoms with Crippen molar-refractivity contribution in [3.05, 3.63) is 35.4 Å². The summed E-state index contributed by atoms with van der Waals surface area (Å²) in [4.78, 5) is 0. The highest BCUT2D eigenvalue weighted by molar-refractivity contribution is 5.22. The van der Waals surface area contributed by atoms with Gasteiger partial charge in [-0.05, 0) is 49.3 Å². The van der Waals surface area contributed by atoms with Gasteiger partial charge in [-0.15, -0.1) is 0 Å². The van der Waals surface area contributed by atoms with E-state index in [2.05, 4.69) is 0 Å². The highest BCUT2D eigenvalue weighted by atomic mass is 19.2. The third-order valence-corrected chi connectivity index (χ3v) is 4.01. The lowest BCUT2D eigenvalue weighted by atomic mass is 9.82. The molecule has 1 atom stereocenters. The third kappa shape index (κ3) is 3.31. The van der Waals surface area contributed by atoms with Crippen LogP contribution in [-0.2, 0) is 9.47 Å². The van der Waals surface area contributed by atoms with Crippen LogP contribution >= 0.6 is 0 Å². The standard InChI is InChI=1S/C15H18F2O2/c16-14-6-3-11(7-15(14)17)10-1-4-12(5-2-10)18-8-13-9-19-13/h3,6-7,10,12-13H,1-2,4-5,8-9H2. The van der Waals surface area contributed by atoms with E-state index in [1.165, 1.54) is 12.1 Å². The van der Waals surface area contributed by atoms with Crippen LogP contribution in [0.3, 0.4) is 0 Å². The Kier molecular flexibility index (Phi) is 3.80. The van der Waals surface area contributed by atoms with Gasteiger partial charge in [0.1, 0.15) is 6.10 Å². The Bertz CT molecular complexity index is 438. The van der Waals surface area contributed by atoms with Crippen LogP contribution < -0.4 is 0 Å². The van der Waals surface area contributed by atoms with Crippen molar-refractivity contribution in [2.45, 2.75) is 43.8 Å². The van der Waals surface area contributed by atoms with Crippen molar-refractivity contribution in [1.29, 1.82) is 0 Å². The molecular weight excluding hydrogens is 250 g/mol. The van der Waals surface area contributed by atoms with Crippen LogP contribution in [0.2, 0.25) is 0 Å². The number of hydrogen-bond donors (Lipinski definition) is 0. The zero-order valence-corrected chi connectivity index (χ0v) is 10.8. The van der Waals surface area contributed by atoms with Crippen LogP contribution in [0.15, 0.2) is 18.2 Å². The topological polar surface area (TPSA) is 21.8 Å². The summed E-state index contributed by atoms with van der Waals surface area (Å²) >= 11 is 0. The van der Waals surface area contributed by atoms with E-state index in [4.69, 9.17) is 9.47 Å². The van der Waals surface area contributed by atoms with Gasteiger partial charge in [-0.25, -0.2) is 8.78 Å². The van der Waals surface area contributed by atoms with E-state index in [9.17, 15) is 8.78 Å². The Labute approximate surface area is 111 Å². The number of rotatable bonds is 4. The number of benzene rings is 1. The van der Waals surface area contributed by atoms with E-state index in [0.29, 0.717) is 24.7 Å². The normalized spacial score (nSPS) is 30.3. The largest absolute Gasteiger partial charge is 0.375 e. The minimum Gasteiger partial charge on any atom is -0.375 e. The summed E-state index contributed by atoms with van der Waals surface area (Å²) in [6.07, 6.45) is 4.52. The van der Waals surface area contributed by atoms with Crippen LogP contribution in [0.4, 0.5) is 8.78 Å². The maximum absolute atomic E-state index is 13.2. The molecule has 1 saturated heterocycles. The molecule has 1 saturated carbocycles. The van der Waals surface area contributed by atoms with Gasteiger partial charge in [0.15, 0.2) is 11.6 Å². The van der Waals surface area contributed by atoms with Crippen molar-refractivity contribution >= 4 is 0 Å². The van der Waals surface area contributed by atoms with Crippen molar-refractivity contribution in [3.63, 3.8) is 0 Å². The monoisotopic (exact) mass is 268 g/mol. The third-order valence-electron chi connectivity index (χ3n) is 4.01. The van der Waals surface area contributed by atoms with Gasteiger partial charge in [0.2, 0.25) is 0 Å². The SMILES string of the molecule is Fc1ccc(C2CCC(OCC3CO3)CC2)cc1F. The van der Waals surface area contributed by atoms with Gasteiger partial charge in [-0.3, -0.25) is 0 Å². The van der Waals surface area contributed by atoms with Crippen molar-refractivity contribution in [2.75, 3.05) is 13.2 Å². The van der Waals surface area contributed by atoms with E-state index in [1.54, 1.807) is 6.07 Å². The molecule has 3 rings (SSSR count). The maximum Gasteiger partial charge on any atom is 0.159 e. The van der Waals surface area contributed by atoms with E-state index in [1.807, 2.05) is 0 Å². The van der Waals surface area contributed by atoms with Gasteiger partial charge in [-0.2, -0.15) is 0 Å². The lowest BCUT2D eigenvalue weighted by Gasteiger charge is -2.28. The van der Waals surface area contributed by atoms with E-state index in [0.717, 1.165) is 37.9 Å². The van der Waals surface area contributed by atoms with Crippen LogP contribution in [0.1, 0.15) is 37.2 Å². The van der Waals surface area contributed by atoms with Gasteiger partial charge >= 0.3 is 0 Å². The van der Waals surface area contributed by atoms with Gasteiger partial charge in [0, 0.05) is 0 Å². The minimum atomic E-state index is -0.773. The van der Waals surface area contributed by atoms with Crippen LogP contribution in [0.5, 0.6) is 0 Å². The van der Waals surface area contributed by atoms with Crippen molar-refractivity contribution in [1.82, 2.24) is 0 Å². The Hall–Kier alpha value is -1.00. The summed E-state index contributed by atoms with van der Waals surface area (Å²) in [6.45, 7) is 1.52. The molecule has 19 heavy (non-hydrogen) atoms. The van der Waals surface area contributed by atoms with E-state index < -0.39 is 11.6 Å². The number of hydrogen-bond acceptors (Lipinski definition) is 2. The molecule has 0 N–H and O–H groups in total. The molecule has 0 amide bonds. The molecule has 2 fully saturated rings. The van der Waals surface area contributed by atoms with Crippen LogP contribution in [-0.4, -0.2) is 25.4 Å². The predicted molar refractivity (Wildman–Crippen MR) is 67.0 cm³/mol. The summed E-state index contributed by atoms with van der Waals surface area (Å²) in [5.41, 5.74) is 0.905. The number of epoxide rings is 1. The average Bonchev–Trinajstić information content (AvgIpc) is 3.24. The number of halogens is 2. The Morgan fingerprint density at radius 1 is 1.11 bits per heavy atom. The quantitative estimate of drug-likeness (QED) is 0.781. The van der Waals surface area contributed by atoms with Gasteiger partial charge in [0.25, 0.3) is 0 Å². The fourth-order valence-corrected chi connectivity index (χ4v) is 2.74. The molecule has 1 aromatic carbocycles. The smallest absolute Gasteiger partial charge is 0.159 e. The fraction of sp³-hybridized carbons (Fsp3) is 0.600. The second kappa shape index (κ2) is 5.55. The lowest BCUT2D eigenvalue weighted by molar-refractivity contribution is 0.0165. The first-order valence-corrected chi connectivity index (χ1v) is 6.90. The molecule has 1 aromatic rings. The zero-order valence-electron chi connectivity index (χ0n) is 10.8. The summed E-state index contributed by atoms with van der Waals surface area (Å²) in [5, 5.41) is 0. The summed E-state index contributed by atoms with van der Waals surface area (Å²) in [6, 6.07) is 4.25. The molecule has 2 nitrogen and oxygen atoms in total. The molecular formula is C15H18F2O2. The van der Waals surface area contributed by atoms with Gasteiger partial charge in [0.05, 0.1) is 19.3 Å². The number of ether oxygens (including phenoxy) is 2. The second-order valence-corrected chi connectivity index (χ2v) is 5.44. The molecule has 0 radical (unpaired) electrons. The van der Waals surface area contributed by atoms with E-state index >= 15 is 0 Å². The molecule has 0 aromatic heterocycles.